The lowest BCUT2D eigenvalue weighted by atomic mass is 10.1. The Morgan fingerprint density at radius 3 is 2.23 bits per heavy atom. The van der Waals surface area contributed by atoms with Crippen molar-refractivity contribution in [3.63, 3.8) is 0 Å². The third-order valence-electron chi connectivity index (χ3n) is 3.05. The largest absolute Gasteiger partial charge is 0.490 e. The first-order chi connectivity index (χ1) is 10.4. The van der Waals surface area contributed by atoms with E-state index in [0.717, 1.165) is 5.56 Å². The van der Waals surface area contributed by atoms with Crippen LogP contribution >= 0.6 is 23.2 Å². The molecule has 0 saturated heterocycles. The molecule has 0 aliphatic rings. The molecule has 0 radical (unpaired) electrons. The quantitative estimate of drug-likeness (QED) is 0.666. The zero-order chi connectivity index (χ0) is 16.7. The van der Waals surface area contributed by atoms with E-state index in [1.54, 1.807) is 4.90 Å². The fraction of sp³-hybridized carbons (Fsp3) is 0.562. The molecule has 0 aliphatic carbocycles. The summed E-state index contributed by atoms with van der Waals surface area (Å²) in [5, 5.41) is 0. The molecule has 0 bridgehead atoms. The Morgan fingerprint density at radius 2 is 1.73 bits per heavy atom. The van der Waals surface area contributed by atoms with E-state index in [1.807, 2.05) is 45.9 Å². The van der Waals surface area contributed by atoms with Gasteiger partial charge in [0.25, 0.3) is 5.91 Å². The van der Waals surface area contributed by atoms with E-state index in [2.05, 4.69) is 0 Å². The molecule has 0 unspecified atom stereocenters. The molecule has 0 N–H and O–H groups in total. The highest BCUT2D eigenvalue weighted by Crippen LogP contribution is 2.29. The second kappa shape index (κ2) is 9.11. The molecule has 1 aromatic carbocycles. The summed E-state index contributed by atoms with van der Waals surface area (Å²) in [5.74, 6) is 1.07. The van der Waals surface area contributed by atoms with Crippen molar-refractivity contribution in [3.05, 3.63) is 23.8 Å². The maximum atomic E-state index is 12.1. The topological polar surface area (TPSA) is 38.8 Å². The Hall–Kier alpha value is -1.13. The normalized spacial score (nSPS) is 10.9. The van der Waals surface area contributed by atoms with E-state index in [9.17, 15) is 4.79 Å². The predicted octanol–water partition coefficient (Wildman–Crippen LogP) is 4.02. The van der Waals surface area contributed by atoms with Crippen molar-refractivity contribution < 1.29 is 14.3 Å². The number of benzene rings is 1. The Bertz CT molecular complexity index is 492. The monoisotopic (exact) mass is 347 g/mol. The van der Waals surface area contributed by atoms with Crippen LogP contribution in [0, 0.1) is 0 Å². The number of amides is 1. The van der Waals surface area contributed by atoms with Crippen LogP contribution in [0.1, 0.15) is 33.3 Å². The smallest absolute Gasteiger partial charge is 0.256 e. The average molecular weight is 348 g/mol. The van der Waals surface area contributed by atoms with Crippen LogP contribution in [0.5, 0.6) is 11.5 Å². The number of nitrogens with zero attached hydrogens (tertiary/aromatic N) is 1. The molecule has 1 amide bonds. The maximum absolute atomic E-state index is 12.1. The molecule has 22 heavy (non-hydrogen) atoms. The van der Waals surface area contributed by atoms with E-state index < -0.39 is 4.84 Å². The minimum atomic E-state index is -1.06. The Labute approximate surface area is 142 Å². The van der Waals surface area contributed by atoms with Gasteiger partial charge in [-0.3, -0.25) is 4.79 Å². The molecule has 0 aromatic heterocycles. The summed E-state index contributed by atoms with van der Waals surface area (Å²) in [4.78, 5) is 12.7. The van der Waals surface area contributed by atoms with E-state index >= 15 is 0 Å². The molecule has 0 saturated carbocycles. The van der Waals surface area contributed by atoms with Gasteiger partial charge >= 0.3 is 0 Å². The van der Waals surface area contributed by atoms with Crippen molar-refractivity contribution in [1.29, 1.82) is 0 Å². The maximum Gasteiger partial charge on any atom is 0.256 e. The molecule has 0 heterocycles. The summed E-state index contributed by atoms with van der Waals surface area (Å²) in [6.45, 7) is 9.21. The molecule has 0 fully saturated rings. The van der Waals surface area contributed by atoms with Gasteiger partial charge in [-0.2, -0.15) is 0 Å². The van der Waals surface area contributed by atoms with Crippen molar-refractivity contribution in [2.45, 2.75) is 45.1 Å². The summed E-state index contributed by atoms with van der Waals surface area (Å²) in [5.41, 5.74) is 0.933. The van der Waals surface area contributed by atoms with Crippen LogP contribution in [0.3, 0.4) is 0 Å². The number of hydrogen-bond acceptors (Lipinski definition) is 3. The SMILES string of the molecule is CCOc1ccc(CN(C(=O)C(Cl)Cl)C(C)C)cc1OCC. The van der Waals surface area contributed by atoms with Crippen molar-refractivity contribution in [2.24, 2.45) is 0 Å². The second-order valence-electron chi connectivity index (χ2n) is 5.01. The highest BCUT2D eigenvalue weighted by Gasteiger charge is 2.23. The first-order valence-electron chi connectivity index (χ1n) is 7.37. The third-order valence-corrected chi connectivity index (χ3v) is 3.43. The number of carbonyl (C=O) groups is 1. The van der Waals surface area contributed by atoms with Crippen molar-refractivity contribution >= 4 is 29.1 Å². The molecule has 124 valence electrons. The van der Waals surface area contributed by atoms with Crippen LogP contribution in [0.15, 0.2) is 18.2 Å². The molecule has 1 aromatic rings. The fourth-order valence-electron chi connectivity index (χ4n) is 2.03. The zero-order valence-corrected chi connectivity index (χ0v) is 14.9. The van der Waals surface area contributed by atoms with Crippen molar-refractivity contribution in [2.75, 3.05) is 13.2 Å². The molecule has 1 rings (SSSR count). The van der Waals surface area contributed by atoms with Crippen LogP contribution in [0.25, 0.3) is 0 Å². The van der Waals surface area contributed by atoms with Gasteiger partial charge in [0.05, 0.1) is 13.2 Å². The summed E-state index contributed by atoms with van der Waals surface area (Å²) in [6.07, 6.45) is 0. The summed E-state index contributed by atoms with van der Waals surface area (Å²) in [6, 6.07) is 5.64. The van der Waals surface area contributed by atoms with Gasteiger partial charge in [-0.1, -0.05) is 29.3 Å². The van der Waals surface area contributed by atoms with Gasteiger partial charge in [0.1, 0.15) is 0 Å². The number of hydrogen-bond donors (Lipinski definition) is 0. The van der Waals surface area contributed by atoms with Gasteiger partial charge in [0, 0.05) is 12.6 Å². The van der Waals surface area contributed by atoms with Gasteiger partial charge < -0.3 is 14.4 Å². The predicted molar refractivity (Wildman–Crippen MR) is 90.0 cm³/mol. The fourth-order valence-corrected chi connectivity index (χ4v) is 2.28. The van der Waals surface area contributed by atoms with Crippen LogP contribution < -0.4 is 9.47 Å². The molecule has 4 nitrogen and oxygen atoms in total. The van der Waals surface area contributed by atoms with Crippen LogP contribution in [-0.2, 0) is 11.3 Å². The number of ether oxygens (including phenoxy) is 2. The minimum Gasteiger partial charge on any atom is -0.490 e. The van der Waals surface area contributed by atoms with Crippen molar-refractivity contribution in [1.82, 2.24) is 4.90 Å². The third kappa shape index (κ3) is 5.25. The second-order valence-corrected chi connectivity index (χ2v) is 6.10. The van der Waals surface area contributed by atoms with Gasteiger partial charge in [-0.25, -0.2) is 0 Å². The van der Waals surface area contributed by atoms with Crippen LogP contribution in [0.4, 0.5) is 0 Å². The lowest BCUT2D eigenvalue weighted by Crippen LogP contribution is -2.39. The Kier molecular flexibility index (Phi) is 7.83. The zero-order valence-electron chi connectivity index (χ0n) is 13.4. The average Bonchev–Trinajstić information content (AvgIpc) is 2.46. The minimum absolute atomic E-state index is 0.00499. The van der Waals surface area contributed by atoms with Crippen LogP contribution in [0.2, 0.25) is 0 Å². The van der Waals surface area contributed by atoms with E-state index in [1.165, 1.54) is 0 Å². The molecular formula is C16H23Cl2NO3. The summed E-state index contributed by atoms with van der Waals surface area (Å²) >= 11 is 11.4. The summed E-state index contributed by atoms with van der Waals surface area (Å²) in [7, 11) is 0. The number of rotatable bonds is 8. The van der Waals surface area contributed by atoms with Gasteiger partial charge in [0.2, 0.25) is 0 Å². The van der Waals surface area contributed by atoms with E-state index in [0.29, 0.717) is 31.3 Å². The molecule has 6 heteroatoms. The lowest BCUT2D eigenvalue weighted by molar-refractivity contribution is -0.131. The highest BCUT2D eigenvalue weighted by molar-refractivity contribution is 6.53. The van der Waals surface area contributed by atoms with Crippen LogP contribution in [-0.4, -0.2) is 34.9 Å². The Balaban J connectivity index is 2.99. The first-order valence-corrected chi connectivity index (χ1v) is 8.25. The van der Waals surface area contributed by atoms with Gasteiger partial charge in [-0.05, 0) is 45.4 Å². The molecule has 0 spiro atoms. The standard InChI is InChI=1S/C16H23Cl2NO3/c1-5-21-13-8-7-12(9-14(13)22-6-2)10-19(11(3)4)16(20)15(17)18/h7-9,11,15H,5-6,10H2,1-4H3. The lowest BCUT2D eigenvalue weighted by Gasteiger charge is -2.27. The molecular weight excluding hydrogens is 325 g/mol. The number of halogens is 2. The molecule has 0 atom stereocenters. The number of alkyl halides is 2. The van der Waals surface area contributed by atoms with E-state index in [4.69, 9.17) is 32.7 Å². The van der Waals surface area contributed by atoms with E-state index in [-0.39, 0.29) is 11.9 Å². The van der Waals surface area contributed by atoms with Crippen molar-refractivity contribution in [3.8, 4) is 11.5 Å². The number of carbonyl (C=O) groups excluding carboxylic acids is 1. The first kappa shape index (κ1) is 18.9. The van der Waals surface area contributed by atoms with Gasteiger partial charge in [0.15, 0.2) is 16.3 Å². The summed E-state index contributed by atoms with van der Waals surface area (Å²) < 4.78 is 11.1. The highest BCUT2D eigenvalue weighted by atomic mass is 35.5. The molecule has 0 aliphatic heterocycles. The van der Waals surface area contributed by atoms with Gasteiger partial charge in [-0.15, -0.1) is 0 Å². The Morgan fingerprint density at radius 1 is 1.14 bits per heavy atom.